The number of aliphatic hydroxyl groups excluding tert-OH is 2. The van der Waals surface area contributed by atoms with E-state index in [2.05, 4.69) is 10.0 Å². The summed E-state index contributed by atoms with van der Waals surface area (Å²) in [5.41, 5.74) is 10.4. The zero-order chi connectivity index (χ0) is 15.7. The molecule has 0 heterocycles. The number of hydrazine groups is 1. The molecule has 1 aromatic carbocycles. The molecule has 21 heavy (non-hydrogen) atoms. The zero-order valence-corrected chi connectivity index (χ0v) is 11.2. The van der Waals surface area contributed by atoms with Crippen LogP contribution in [0.15, 0.2) is 29.4 Å². The van der Waals surface area contributed by atoms with Crippen molar-refractivity contribution in [1.82, 2.24) is 5.43 Å². The molecule has 0 aliphatic carbocycles. The summed E-state index contributed by atoms with van der Waals surface area (Å²) in [6.45, 7) is -0.248. The lowest BCUT2D eigenvalue weighted by Gasteiger charge is -2.20. The van der Waals surface area contributed by atoms with Crippen LogP contribution in [-0.4, -0.2) is 35.4 Å². The van der Waals surface area contributed by atoms with Gasteiger partial charge in [-0.15, -0.1) is 0 Å². The number of hydrogen-bond acceptors (Lipinski definition) is 6. The number of carbonyl (C=O) groups excluding carboxylic acids is 1. The number of hydrogen-bond donors (Lipinski definition) is 4. The molecule has 0 bridgehead atoms. The molecule has 9 nitrogen and oxygen atoms in total. The van der Waals surface area contributed by atoms with Gasteiger partial charge in [0, 0.05) is 17.0 Å². The Kier molecular flexibility index (Phi) is 6.99. The third-order valence-corrected chi connectivity index (χ3v) is 2.71. The largest absolute Gasteiger partial charge is 0.483 e. The van der Waals surface area contributed by atoms with E-state index in [1.807, 2.05) is 5.43 Å². The Morgan fingerprint density at radius 1 is 1.48 bits per heavy atom. The van der Waals surface area contributed by atoms with Gasteiger partial charge in [-0.1, -0.05) is 23.3 Å². The van der Waals surface area contributed by atoms with Gasteiger partial charge in [0.1, 0.15) is 11.9 Å². The fourth-order valence-corrected chi connectivity index (χ4v) is 1.64. The van der Waals surface area contributed by atoms with Crippen LogP contribution in [0.4, 0.5) is 0 Å². The topological polar surface area (TPSA) is 154 Å². The van der Waals surface area contributed by atoms with Crippen LogP contribution in [0.25, 0.3) is 10.4 Å². The molecule has 114 valence electrons. The molecule has 2 unspecified atom stereocenters. The van der Waals surface area contributed by atoms with Gasteiger partial charge in [-0.3, -0.25) is 10.2 Å². The number of azide groups is 1. The quantitative estimate of drug-likeness (QED) is 0.134. The molecule has 9 heteroatoms. The molecule has 1 aromatic rings. The molecule has 0 aromatic heterocycles. The Bertz CT molecular complexity index is 518. The highest BCUT2D eigenvalue weighted by molar-refractivity contribution is 5.76. The first-order valence-corrected chi connectivity index (χ1v) is 6.18. The molecule has 1 rings (SSSR count). The highest BCUT2D eigenvalue weighted by atomic mass is 16.5. The van der Waals surface area contributed by atoms with Crippen LogP contribution in [0.5, 0.6) is 5.75 Å². The third-order valence-electron chi connectivity index (χ3n) is 2.71. The molecule has 0 radical (unpaired) electrons. The number of aliphatic hydroxyl groups is 2. The lowest BCUT2D eigenvalue weighted by molar-refractivity contribution is -0.123. The number of nitrogens with zero attached hydrogens (tertiary/aromatic N) is 3. The minimum absolute atomic E-state index is 0.0628. The number of amides is 1. The number of nitrogens with one attached hydrogen (secondary N) is 1. The van der Waals surface area contributed by atoms with Crippen molar-refractivity contribution in [3.63, 3.8) is 0 Å². The highest BCUT2D eigenvalue weighted by Crippen LogP contribution is 2.28. The molecule has 5 N–H and O–H groups in total. The van der Waals surface area contributed by atoms with Crippen LogP contribution in [-0.2, 0) is 4.79 Å². The van der Waals surface area contributed by atoms with Gasteiger partial charge in [0.15, 0.2) is 6.61 Å². The monoisotopic (exact) mass is 295 g/mol. The van der Waals surface area contributed by atoms with E-state index < -0.39 is 18.1 Å². The average molecular weight is 295 g/mol. The standard InChI is InChI=1S/C12H17N5O4/c13-16-11(19)7-21-10-4-2-1-3-8(10)12(20)9(18)5-6-15-17-14/h1-4,9,12,18,20H,5-7,13H2,(H,16,19). The highest BCUT2D eigenvalue weighted by Gasteiger charge is 2.21. The molecule has 0 saturated heterocycles. The van der Waals surface area contributed by atoms with E-state index in [1.165, 1.54) is 0 Å². The summed E-state index contributed by atoms with van der Waals surface area (Å²) >= 11 is 0. The molecular formula is C12H17N5O4. The van der Waals surface area contributed by atoms with Crippen LogP contribution >= 0.6 is 0 Å². The second-order valence-electron chi connectivity index (χ2n) is 4.15. The summed E-state index contributed by atoms with van der Waals surface area (Å²) in [6, 6.07) is 6.45. The Morgan fingerprint density at radius 3 is 2.86 bits per heavy atom. The minimum Gasteiger partial charge on any atom is -0.483 e. The lowest BCUT2D eigenvalue weighted by Crippen LogP contribution is -2.34. The summed E-state index contributed by atoms with van der Waals surface area (Å²) < 4.78 is 5.24. The van der Waals surface area contributed by atoms with Gasteiger partial charge < -0.3 is 14.9 Å². The second-order valence-corrected chi connectivity index (χ2v) is 4.15. The first-order valence-electron chi connectivity index (χ1n) is 6.18. The maximum Gasteiger partial charge on any atom is 0.271 e. The predicted molar refractivity (Wildman–Crippen MR) is 73.9 cm³/mol. The van der Waals surface area contributed by atoms with Crippen molar-refractivity contribution in [3.8, 4) is 5.75 Å². The van der Waals surface area contributed by atoms with Crippen molar-refractivity contribution in [2.75, 3.05) is 13.2 Å². The van der Waals surface area contributed by atoms with Gasteiger partial charge in [-0.05, 0) is 18.0 Å². The van der Waals surface area contributed by atoms with Crippen molar-refractivity contribution in [1.29, 1.82) is 0 Å². The molecule has 2 atom stereocenters. The van der Waals surface area contributed by atoms with E-state index in [0.29, 0.717) is 5.56 Å². The fraction of sp³-hybridized carbons (Fsp3) is 0.417. The molecule has 0 fully saturated rings. The van der Waals surface area contributed by atoms with E-state index >= 15 is 0 Å². The van der Waals surface area contributed by atoms with Gasteiger partial charge in [0.2, 0.25) is 0 Å². The van der Waals surface area contributed by atoms with Gasteiger partial charge in [0.05, 0.1) is 6.10 Å². The number of carbonyl (C=O) groups is 1. The normalized spacial score (nSPS) is 12.9. The molecule has 1 amide bonds. The minimum atomic E-state index is -1.23. The first-order chi connectivity index (χ1) is 10.1. The molecule has 0 spiro atoms. The van der Waals surface area contributed by atoms with Gasteiger partial charge in [-0.25, -0.2) is 5.84 Å². The van der Waals surface area contributed by atoms with E-state index in [4.69, 9.17) is 16.1 Å². The Morgan fingerprint density at radius 2 is 2.19 bits per heavy atom. The van der Waals surface area contributed by atoms with E-state index in [-0.39, 0.29) is 25.3 Å². The summed E-state index contributed by atoms with van der Waals surface area (Å²) in [6.07, 6.45) is -2.25. The third kappa shape index (κ3) is 5.28. The van der Waals surface area contributed by atoms with E-state index in [9.17, 15) is 15.0 Å². The molecule has 0 saturated carbocycles. The fourth-order valence-electron chi connectivity index (χ4n) is 1.64. The van der Waals surface area contributed by atoms with Crippen molar-refractivity contribution in [2.24, 2.45) is 11.0 Å². The van der Waals surface area contributed by atoms with E-state index in [1.54, 1.807) is 24.3 Å². The van der Waals surface area contributed by atoms with Gasteiger partial charge in [-0.2, -0.15) is 0 Å². The van der Waals surface area contributed by atoms with Crippen molar-refractivity contribution >= 4 is 5.91 Å². The maximum atomic E-state index is 11.1. The van der Waals surface area contributed by atoms with Gasteiger partial charge >= 0.3 is 0 Å². The number of benzene rings is 1. The smallest absolute Gasteiger partial charge is 0.271 e. The molecular weight excluding hydrogens is 278 g/mol. The predicted octanol–water partition coefficient (Wildman–Crippen LogP) is 0.150. The number of para-hydroxylation sites is 1. The summed E-state index contributed by atoms with van der Waals surface area (Å²) in [5.74, 6) is 4.68. The van der Waals surface area contributed by atoms with Crippen LogP contribution in [0.3, 0.4) is 0 Å². The van der Waals surface area contributed by atoms with Crippen LogP contribution in [0.1, 0.15) is 18.1 Å². The van der Waals surface area contributed by atoms with Crippen LogP contribution < -0.4 is 16.0 Å². The number of nitrogens with two attached hydrogens (primary N) is 1. The van der Waals surface area contributed by atoms with Crippen molar-refractivity contribution < 1.29 is 19.7 Å². The molecule has 0 aliphatic rings. The number of ether oxygens (including phenoxy) is 1. The lowest BCUT2D eigenvalue weighted by atomic mass is 10.0. The van der Waals surface area contributed by atoms with Crippen molar-refractivity contribution in [3.05, 3.63) is 40.3 Å². The summed E-state index contributed by atoms with van der Waals surface area (Å²) in [4.78, 5) is 13.6. The van der Waals surface area contributed by atoms with E-state index in [0.717, 1.165) is 0 Å². The summed E-state index contributed by atoms with van der Waals surface area (Å²) in [7, 11) is 0. The van der Waals surface area contributed by atoms with Crippen molar-refractivity contribution in [2.45, 2.75) is 18.6 Å². The summed E-state index contributed by atoms with van der Waals surface area (Å²) in [5, 5.41) is 23.3. The Labute approximate surface area is 120 Å². The van der Waals surface area contributed by atoms with Crippen LogP contribution in [0, 0.1) is 0 Å². The SMILES string of the molecule is [N-]=[N+]=NCCC(O)C(O)c1ccccc1OCC(=O)NN. The number of rotatable bonds is 8. The zero-order valence-electron chi connectivity index (χ0n) is 11.2. The van der Waals surface area contributed by atoms with Gasteiger partial charge in [0.25, 0.3) is 5.91 Å². The molecule has 0 aliphatic heterocycles. The Balaban J connectivity index is 2.76. The first kappa shape index (κ1) is 16.7. The average Bonchev–Trinajstić information content (AvgIpc) is 2.52. The van der Waals surface area contributed by atoms with Crippen LogP contribution in [0.2, 0.25) is 0 Å². The Hall–Kier alpha value is -2.32. The second kappa shape index (κ2) is 8.77. The maximum absolute atomic E-state index is 11.1.